The molecule has 1 atom stereocenters. The smallest absolute Gasteiger partial charge is 0.227 e. The van der Waals surface area contributed by atoms with E-state index < -0.39 is 0 Å². The van der Waals surface area contributed by atoms with Crippen LogP contribution < -0.4 is 9.80 Å². The molecule has 0 amide bonds. The second kappa shape index (κ2) is 6.16. The predicted octanol–water partition coefficient (Wildman–Crippen LogP) is 1.95. The van der Waals surface area contributed by atoms with Crippen LogP contribution in [-0.4, -0.2) is 48.0 Å². The Balaban J connectivity index is 1.59. The zero-order chi connectivity index (χ0) is 15.6. The average Bonchev–Trinajstić information content (AvgIpc) is 3.24. The number of morpholine rings is 1. The lowest BCUT2D eigenvalue weighted by Crippen LogP contribution is -2.37. The maximum absolute atomic E-state index is 5.41. The van der Waals surface area contributed by atoms with Crippen molar-refractivity contribution in [1.82, 2.24) is 15.1 Å². The number of hydrogen-bond acceptors (Lipinski definition) is 7. The summed E-state index contributed by atoms with van der Waals surface area (Å²) in [6.45, 7) is 6.13. The second-order valence-corrected chi connectivity index (χ2v) is 6.03. The van der Waals surface area contributed by atoms with E-state index in [1.165, 1.54) is 0 Å². The van der Waals surface area contributed by atoms with Gasteiger partial charge in [-0.1, -0.05) is 5.16 Å². The molecule has 0 N–H and O–H groups in total. The molecule has 23 heavy (non-hydrogen) atoms. The van der Waals surface area contributed by atoms with Gasteiger partial charge >= 0.3 is 0 Å². The number of aromatic nitrogens is 3. The van der Waals surface area contributed by atoms with Gasteiger partial charge in [-0.3, -0.25) is 0 Å². The van der Waals surface area contributed by atoms with Crippen LogP contribution in [0.2, 0.25) is 0 Å². The van der Waals surface area contributed by atoms with Crippen LogP contribution in [0.1, 0.15) is 30.3 Å². The van der Waals surface area contributed by atoms with E-state index in [4.69, 9.17) is 14.2 Å². The molecular formula is C16H21N5O2. The third-order valence-corrected chi connectivity index (χ3v) is 4.46. The highest BCUT2D eigenvalue weighted by Gasteiger charge is 2.30. The van der Waals surface area contributed by atoms with Crippen LogP contribution in [0.4, 0.5) is 11.8 Å². The highest BCUT2D eigenvalue weighted by Crippen LogP contribution is 2.34. The minimum Gasteiger partial charge on any atom is -0.378 e. The van der Waals surface area contributed by atoms with E-state index >= 15 is 0 Å². The summed E-state index contributed by atoms with van der Waals surface area (Å²) in [7, 11) is 0. The molecule has 2 saturated heterocycles. The third kappa shape index (κ3) is 2.88. The Bertz CT molecular complexity index is 668. The van der Waals surface area contributed by atoms with Gasteiger partial charge in [0.05, 0.1) is 19.3 Å². The van der Waals surface area contributed by atoms with Crippen molar-refractivity contribution in [2.75, 3.05) is 42.6 Å². The number of nitrogens with zero attached hydrogens (tertiary/aromatic N) is 5. The molecule has 0 spiro atoms. The van der Waals surface area contributed by atoms with E-state index in [0.29, 0.717) is 0 Å². The summed E-state index contributed by atoms with van der Waals surface area (Å²) in [5.74, 6) is 2.59. The molecule has 2 aromatic rings. The Morgan fingerprint density at radius 3 is 2.87 bits per heavy atom. The standard InChI is InChI=1S/C16H21N5O2/c1-12-11-13(19-23-12)14-3-2-6-21(14)16-17-5-4-15(18-16)20-7-9-22-10-8-20/h4-5,11,14H,2-3,6-10H2,1H3. The van der Waals surface area contributed by atoms with Crippen molar-refractivity contribution >= 4 is 11.8 Å². The van der Waals surface area contributed by atoms with Gasteiger partial charge in [0.1, 0.15) is 17.3 Å². The molecule has 1 unspecified atom stereocenters. The van der Waals surface area contributed by atoms with Crippen LogP contribution in [0, 0.1) is 6.92 Å². The quantitative estimate of drug-likeness (QED) is 0.857. The van der Waals surface area contributed by atoms with E-state index in [9.17, 15) is 0 Å². The van der Waals surface area contributed by atoms with E-state index in [2.05, 4.69) is 19.9 Å². The van der Waals surface area contributed by atoms with Gasteiger partial charge in [0, 0.05) is 31.9 Å². The van der Waals surface area contributed by atoms with Crippen LogP contribution >= 0.6 is 0 Å². The summed E-state index contributed by atoms with van der Waals surface area (Å²) in [6.07, 6.45) is 4.01. The molecule has 7 heteroatoms. The van der Waals surface area contributed by atoms with Gasteiger partial charge in [0.15, 0.2) is 0 Å². The zero-order valence-electron chi connectivity index (χ0n) is 13.3. The van der Waals surface area contributed by atoms with Crippen molar-refractivity contribution in [3.05, 3.63) is 29.8 Å². The normalized spacial score (nSPS) is 21.9. The monoisotopic (exact) mass is 315 g/mol. The zero-order valence-corrected chi connectivity index (χ0v) is 13.3. The fourth-order valence-electron chi connectivity index (χ4n) is 3.30. The SMILES string of the molecule is Cc1cc(C2CCCN2c2nccc(N3CCOCC3)n2)no1. The van der Waals surface area contributed by atoms with Gasteiger partial charge < -0.3 is 19.1 Å². The van der Waals surface area contributed by atoms with Crippen LogP contribution in [-0.2, 0) is 4.74 Å². The highest BCUT2D eigenvalue weighted by molar-refractivity contribution is 5.46. The van der Waals surface area contributed by atoms with Gasteiger partial charge in [-0.15, -0.1) is 0 Å². The summed E-state index contributed by atoms with van der Waals surface area (Å²) in [5.41, 5.74) is 0.973. The third-order valence-electron chi connectivity index (χ3n) is 4.46. The number of hydrogen-bond donors (Lipinski definition) is 0. The van der Waals surface area contributed by atoms with Crippen LogP contribution in [0.3, 0.4) is 0 Å². The van der Waals surface area contributed by atoms with Gasteiger partial charge in [0.25, 0.3) is 0 Å². The van der Waals surface area contributed by atoms with Gasteiger partial charge in [0.2, 0.25) is 5.95 Å². The molecular weight excluding hydrogens is 294 g/mol. The van der Waals surface area contributed by atoms with E-state index in [0.717, 1.165) is 68.9 Å². The van der Waals surface area contributed by atoms with E-state index in [1.54, 1.807) is 0 Å². The minimum atomic E-state index is 0.201. The Kier molecular flexibility index (Phi) is 3.87. The lowest BCUT2D eigenvalue weighted by atomic mass is 10.1. The fourth-order valence-corrected chi connectivity index (χ4v) is 3.30. The molecule has 2 aliphatic rings. The second-order valence-electron chi connectivity index (χ2n) is 6.03. The first kappa shape index (κ1) is 14.4. The molecule has 2 aromatic heterocycles. The Morgan fingerprint density at radius 1 is 1.22 bits per heavy atom. The van der Waals surface area contributed by atoms with Crippen molar-refractivity contribution in [3.63, 3.8) is 0 Å². The van der Waals surface area contributed by atoms with Crippen molar-refractivity contribution in [1.29, 1.82) is 0 Å². The largest absolute Gasteiger partial charge is 0.378 e. The topological polar surface area (TPSA) is 67.5 Å². The van der Waals surface area contributed by atoms with Crippen molar-refractivity contribution in [2.45, 2.75) is 25.8 Å². The number of ether oxygens (including phenoxy) is 1. The lowest BCUT2D eigenvalue weighted by Gasteiger charge is -2.29. The van der Waals surface area contributed by atoms with Crippen LogP contribution in [0.25, 0.3) is 0 Å². The molecule has 0 aromatic carbocycles. The van der Waals surface area contributed by atoms with Gasteiger partial charge in [-0.25, -0.2) is 4.98 Å². The fraction of sp³-hybridized carbons (Fsp3) is 0.562. The number of rotatable bonds is 3. The van der Waals surface area contributed by atoms with E-state index in [-0.39, 0.29) is 6.04 Å². The molecule has 0 saturated carbocycles. The minimum absolute atomic E-state index is 0.201. The van der Waals surface area contributed by atoms with Crippen molar-refractivity contribution in [3.8, 4) is 0 Å². The van der Waals surface area contributed by atoms with Crippen LogP contribution in [0.15, 0.2) is 22.9 Å². The molecule has 0 aliphatic carbocycles. The predicted molar refractivity (Wildman–Crippen MR) is 85.6 cm³/mol. The molecule has 4 rings (SSSR count). The summed E-state index contributed by atoms with van der Waals surface area (Å²) in [4.78, 5) is 13.8. The molecule has 7 nitrogen and oxygen atoms in total. The molecule has 2 aliphatic heterocycles. The molecule has 2 fully saturated rings. The summed E-state index contributed by atoms with van der Waals surface area (Å²) < 4.78 is 10.7. The van der Waals surface area contributed by atoms with Crippen molar-refractivity contribution < 1.29 is 9.26 Å². The van der Waals surface area contributed by atoms with Crippen LogP contribution in [0.5, 0.6) is 0 Å². The van der Waals surface area contributed by atoms with Gasteiger partial charge in [-0.05, 0) is 25.8 Å². The summed E-state index contributed by atoms with van der Waals surface area (Å²) in [5, 5.41) is 4.19. The molecule has 122 valence electrons. The number of anilines is 2. The Labute approximate surface area is 135 Å². The lowest BCUT2D eigenvalue weighted by molar-refractivity contribution is 0.122. The summed E-state index contributed by atoms with van der Waals surface area (Å²) >= 11 is 0. The first-order chi connectivity index (χ1) is 11.3. The maximum atomic E-state index is 5.41. The number of aryl methyl sites for hydroxylation is 1. The first-order valence-electron chi connectivity index (χ1n) is 8.17. The maximum Gasteiger partial charge on any atom is 0.227 e. The van der Waals surface area contributed by atoms with E-state index in [1.807, 2.05) is 25.3 Å². The Hall–Kier alpha value is -2.15. The average molecular weight is 315 g/mol. The Morgan fingerprint density at radius 2 is 2.09 bits per heavy atom. The molecule has 0 radical (unpaired) electrons. The van der Waals surface area contributed by atoms with Crippen molar-refractivity contribution in [2.24, 2.45) is 0 Å². The van der Waals surface area contributed by atoms with Gasteiger partial charge in [-0.2, -0.15) is 4.98 Å². The molecule has 0 bridgehead atoms. The molecule has 4 heterocycles. The first-order valence-corrected chi connectivity index (χ1v) is 8.17. The summed E-state index contributed by atoms with van der Waals surface area (Å²) in [6, 6.07) is 4.18. The highest BCUT2D eigenvalue weighted by atomic mass is 16.5.